The van der Waals surface area contributed by atoms with Gasteiger partial charge in [-0.2, -0.15) is 0 Å². The summed E-state index contributed by atoms with van der Waals surface area (Å²) in [4.78, 5) is 14.1. The summed E-state index contributed by atoms with van der Waals surface area (Å²) in [5.74, 6) is 1.54. The third kappa shape index (κ3) is 3.21. The van der Waals surface area contributed by atoms with Gasteiger partial charge in [-0.1, -0.05) is 20.8 Å². The third-order valence-electron chi connectivity index (χ3n) is 4.40. The second-order valence-corrected chi connectivity index (χ2v) is 6.90. The molecule has 2 atom stereocenters. The maximum absolute atomic E-state index is 12.1. The molecule has 1 saturated heterocycles. The highest BCUT2D eigenvalue weighted by Crippen LogP contribution is 2.35. The first-order valence-corrected chi connectivity index (χ1v) is 6.91. The summed E-state index contributed by atoms with van der Waals surface area (Å²) >= 11 is 0. The fourth-order valence-electron chi connectivity index (χ4n) is 2.72. The van der Waals surface area contributed by atoms with E-state index in [2.05, 4.69) is 20.8 Å². The quantitative estimate of drug-likeness (QED) is 0.817. The second-order valence-electron chi connectivity index (χ2n) is 6.90. The minimum Gasteiger partial charge on any atom is -0.342 e. The van der Waals surface area contributed by atoms with E-state index >= 15 is 0 Å². The van der Waals surface area contributed by atoms with Gasteiger partial charge in [0.2, 0.25) is 5.91 Å². The molecule has 2 rings (SSSR count). The lowest BCUT2D eigenvalue weighted by Gasteiger charge is -2.27. The van der Waals surface area contributed by atoms with E-state index in [0.29, 0.717) is 23.7 Å². The number of hydrogen-bond donors (Lipinski definition) is 1. The standard InChI is InChI=1S/C14H26N2O/c1-14(2,3)11-6-7-16(9-11)13(17)8-12(15)10-4-5-10/h10-12H,4-9,15H2,1-3H3. The molecule has 2 fully saturated rings. The zero-order valence-electron chi connectivity index (χ0n) is 11.4. The molecule has 3 nitrogen and oxygen atoms in total. The highest BCUT2D eigenvalue weighted by Gasteiger charge is 2.36. The number of hydrogen-bond acceptors (Lipinski definition) is 2. The molecule has 1 saturated carbocycles. The van der Waals surface area contributed by atoms with Gasteiger partial charge in [-0.15, -0.1) is 0 Å². The fraction of sp³-hybridized carbons (Fsp3) is 0.929. The minimum atomic E-state index is 0.108. The molecule has 1 aliphatic heterocycles. The van der Waals surface area contributed by atoms with E-state index < -0.39 is 0 Å². The van der Waals surface area contributed by atoms with Crippen molar-refractivity contribution in [2.75, 3.05) is 13.1 Å². The monoisotopic (exact) mass is 238 g/mol. The molecule has 17 heavy (non-hydrogen) atoms. The lowest BCUT2D eigenvalue weighted by molar-refractivity contribution is -0.130. The van der Waals surface area contributed by atoms with Crippen molar-refractivity contribution < 1.29 is 4.79 Å². The van der Waals surface area contributed by atoms with Crippen LogP contribution < -0.4 is 5.73 Å². The number of likely N-dealkylation sites (tertiary alicyclic amines) is 1. The van der Waals surface area contributed by atoms with Gasteiger partial charge >= 0.3 is 0 Å². The van der Waals surface area contributed by atoms with E-state index in [1.54, 1.807) is 0 Å². The Morgan fingerprint density at radius 1 is 1.35 bits per heavy atom. The van der Waals surface area contributed by atoms with Gasteiger partial charge in [-0.3, -0.25) is 4.79 Å². The average Bonchev–Trinajstić information content (AvgIpc) is 2.93. The lowest BCUT2D eigenvalue weighted by Crippen LogP contribution is -2.36. The van der Waals surface area contributed by atoms with Crippen LogP contribution in [0.15, 0.2) is 0 Å². The van der Waals surface area contributed by atoms with E-state index in [-0.39, 0.29) is 11.9 Å². The van der Waals surface area contributed by atoms with Gasteiger partial charge in [-0.05, 0) is 36.5 Å². The summed E-state index contributed by atoms with van der Waals surface area (Å²) in [7, 11) is 0. The Kier molecular flexibility index (Phi) is 3.48. The number of amides is 1. The van der Waals surface area contributed by atoms with Crippen LogP contribution in [0.2, 0.25) is 0 Å². The van der Waals surface area contributed by atoms with Crippen LogP contribution in [0.4, 0.5) is 0 Å². The molecule has 1 heterocycles. The Hall–Kier alpha value is -0.570. The minimum absolute atomic E-state index is 0.108. The molecule has 1 amide bonds. The highest BCUT2D eigenvalue weighted by molar-refractivity contribution is 5.77. The van der Waals surface area contributed by atoms with Gasteiger partial charge in [0.05, 0.1) is 0 Å². The third-order valence-corrected chi connectivity index (χ3v) is 4.40. The Labute approximate surface area is 105 Å². The zero-order chi connectivity index (χ0) is 12.6. The lowest BCUT2D eigenvalue weighted by atomic mass is 9.80. The van der Waals surface area contributed by atoms with Crippen LogP contribution in [0, 0.1) is 17.3 Å². The van der Waals surface area contributed by atoms with Crippen molar-refractivity contribution >= 4 is 5.91 Å². The Bertz CT molecular complexity index is 291. The maximum Gasteiger partial charge on any atom is 0.224 e. The molecule has 3 heteroatoms. The topological polar surface area (TPSA) is 46.3 Å². The molecule has 0 aromatic carbocycles. The molecule has 0 radical (unpaired) electrons. The Balaban J connectivity index is 1.81. The molecule has 98 valence electrons. The molecule has 1 aliphatic carbocycles. The van der Waals surface area contributed by atoms with Crippen LogP contribution in [-0.2, 0) is 4.79 Å². The number of carbonyl (C=O) groups is 1. The van der Waals surface area contributed by atoms with Crippen LogP contribution in [0.25, 0.3) is 0 Å². The molecular formula is C14H26N2O. The van der Waals surface area contributed by atoms with Crippen molar-refractivity contribution in [1.82, 2.24) is 4.90 Å². The molecule has 0 aromatic rings. The number of carbonyl (C=O) groups excluding carboxylic acids is 1. The first-order valence-electron chi connectivity index (χ1n) is 6.91. The van der Waals surface area contributed by atoms with Crippen molar-refractivity contribution in [2.24, 2.45) is 23.0 Å². The number of nitrogens with two attached hydrogens (primary N) is 1. The van der Waals surface area contributed by atoms with Gasteiger partial charge in [-0.25, -0.2) is 0 Å². The SMILES string of the molecule is CC(C)(C)C1CCN(C(=O)CC(N)C2CC2)C1. The highest BCUT2D eigenvalue weighted by atomic mass is 16.2. The van der Waals surface area contributed by atoms with Crippen LogP contribution in [-0.4, -0.2) is 29.9 Å². The van der Waals surface area contributed by atoms with Crippen LogP contribution in [0.3, 0.4) is 0 Å². The summed E-state index contributed by atoms with van der Waals surface area (Å²) in [5.41, 5.74) is 6.33. The first-order chi connectivity index (χ1) is 7.88. The van der Waals surface area contributed by atoms with E-state index in [1.165, 1.54) is 12.8 Å². The van der Waals surface area contributed by atoms with Gasteiger partial charge in [0, 0.05) is 25.6 Å². The predicted octanol–water partition coefficient (Wildman–Crippen LogP) is 2.01. The van der Waals surface area contributed by atoms with E-state index in [9.17, 15) is 4.79 Å². The normalized spacial score (nSPS) is 27.3. The summed E-state index contributed by atoms with van der Waals surface area (Å²) in [6.45, 7) is 8.66. The van der Waals surface area contributed by atoms with Crippen LogP contribution >= 0.6 is 0 Å². The molecule has 0 aromatic heterocycles. The largest absolute Gasteiger partial charge is 0.342 e. The molecular weight excluding hydrogens is 212 g/mol. The Morgan fingerprint density at radius 3 is 2.47 bits per heavy atom. The average molecular weight is 238 g/mol. The van der Waals surface area contributed by atoms with E-state index in [1.807, 2.05) is 4.90 Å². The molecule has 0 spiro atoms. The summed E-state index contributed by atoms with van der Waals surface area (Å²) in [5, 5.41) is 0. The summed E-state index contributed by atoms with van der Waals surface area (Å²) < 4.78 is 0. The predicted molar refractivity (Wildman–Crippen MR) is 69.5 cm³/mol. The fourth-order valence-corrected chi connectivity index (χ4v) is 2.72. The number of rotatable bonds is 3. The van der Waals surface area contributed by atoms with Crippen molar-refractivity contribution in [3.63, 3.8) is 0 Å². The molecule has 2 unspecified atom stereocenters. The number of nitrogens with zero attached hydrogens (tertiary/aromatic N) is 1. The second kappa shape index (κ2) is 4.60. The van der Waals surface area contributed by atoms with Crippen molar-refractivity contribution in [3.05, 3.63) is 0 Å². The zero-order valence-corrected chi connectivity index (χ0v) is 11.4. The molecule has 2 aliphatic rings. The van der Waals surface area contributed by atoms with Crippen molar-refractivity contribution in [1.29, 1.82) is 0 Å². The molecule has 2 N–H and O–H groups in total. The Morgan fingerprint density at radius 2 is 2.00 bits per heavy atom. The van der Waals surface area contributed by atoms with E-state index in [4.69, 9.17) is 5.73 Å². The van der Waals surface area contributed by atoms with Crippen LogP contribution in [0.1, 0.15) is 46.5 Å². The van der Waals surface area contributed by atoms with Crippen LogP contribution in [0.5, 0.6) is 0 Å². The smallest absolute Gasteiger partial charge is 0.224 e. The first kappa shape index (κ1) is 12.9. The summed E-state index contributed by atoms with van der Waals surface area (Å²) in [6, 6.07) is 0.108. The van der Waals surface area contributed by atoms with Gasteiger partial charge in [0.1, 0.15) is 0 Å². The van der Waals surface area contributed by atoms with Gasteiger partial charge in [0.25, 0.3) is 0 Å². The maximum atomic E-state index is 12.1. The van der Waals surface area contributed by atoms with Gasteiger partial charge < -0.3 is 10.6 Å². The molecule has 0 bridgehead atoms. The summed E-state index contributed by atoms with van der Waals surface area (Å²) in [6.07, 6.45) is 4.15. The van der Waals surface area contributed by atoms with Crippen molar-refractivity contribution in [2.45, 2.75) is 52.5 Å². The van der Waals surface area contributed by atoms with Crippen molar-refractivity contribution in [3.8, 4) is 0 Å². The van der Waals surface area contributed by atoms with Gasteiger partial charge in [0.15, 0.2) is 0 Å². The van der Waals surface area contributed by atoms with E-state index in [0.717, 1.165) is 19.5 Å².